The molecule has 3 aromatic rings. The van der Waals surface area contributed by atoms with Crippen LogP contribution >= 0.6 is 0 Å². The molecule has 1 aromatic carbocycles. The molecule has 0 aliphatic heterocycles. The molecule has 116 valence electrons. The molecule has 5 heteroatoms. The van der Waals surface area contributed by atoms with Gasteiger partial charge >= 0.3 is 0 Å². The summed E-state index contributed by atoms with van der Waals surface area (Å²) in [4.78, 5) is 9.48. The molecular weight excluding hydrogens is 286 g/mol. The number of rotatable bonds is 4. The molecule has 4 rings (SSSR count). The zero-order valence-corrected chi connectivity index (χ0v) is 13.3. The summed E-state index contributed by atoms with van der Waals surface area (Å²) in [6, 6.07) is 14.5. The molecule has 0 amide bonds. The Balaban J connectivity index is 1.70. The average Bonchev–Trinajstić information content (AvgIpc) is 3.26. The molecule has 1 aliphatic rings. The zero-order valence-electron chi connectivity index (χ0n) is 13.3. The first-order valence-electron chi connectivity index (χ1n) is 7.86. The normalized spacial score (nSPS) is 15.4. The monoisotopic (exact) mass is 305 g/mol. The number of hydrogen-bond donors (Lipinski definition) is 2. The van der Waals surface area contributed by atoms with Crippen LogP contribution in [-0.4, -0.2) is 20.2 Å². The van der Waals surface area contributed by atoms with Crippen molar-refractivity contribution in [3.63, 3.8) is 0 Å². The quantitative estimate of drug-likeness (QED) is 0.772. The Bertz CT molecular complexity index is 834. The number of hydrogen-bond acceptors (Lipinski definition) is 4. The smallest absolute Gasteiger partial charge is 0.153 e. The van der Waals surface area contributed by atoms with Crippen LogP contribution in [0.5, 0.6) is 0 Å². The molecule has 2 heterocycles. The van der Waals surface area contributed by atoms with Gasteiger partial charge in [0.2, 0.25) is 0 Å². The number of anilines is 2. The lowest BCUT2D eigenvalue weighted by Crippen LogP contribution is -2.15. The van der Waals surface area contributed by atoms with Crippen LogP contribution in [0.25, 0.3) is 0 Å². The molecular formula is C18H19N5. The summed E-state index contributed by atoms with van der Waals surface area (Å²) < 4.78 is 0. The molecule has 23 heavy (non-hydrogen) atoms. The second-order valence-corrected chi connectivity index (χ2v) is 6.23. The second-order valence-electron chi connectivity index (χ2n) is 6.23. The third-order valence-electron chi connectivity index (χ3n) is 4.32. The number of aromatic amines is 1. The van der Waals surface area contributed by atoms with Gasteiger partial charge in [-0.15, -0.1) is 0 Å². The molecule has 0 unspecified atom stereocenters. The van der Waals surface area contributed by atoms with Gasteiger partial charge in [-0.25, -0.2) is 9.97 Å². The Hall–Kier alpha value is -2.69. The van der Waals surface area contributed by atoms with Crippen LogP contribution in [0.1, 0.15) is 35.6 Å². The number of nitrogens with zero attached hydrogens (tertiary/aromatic N) is 3. The maximum Gasteiger partial charge on any atom is 0.153 e. The minimum Gasteiger partial charge on any atom is -0.323 e. The first kappa shape index (κ1) is 13.9. The van der Waals surface area contributed by atoms with E-state index in [2.05, 4.69) is 39.8 Å². The summed E-state index contributed by atoms with van der Waals surface area (Å²) >= 11 is 0. The van der Waals surface area contributed by atoms with E-state index >= 15 is 0 Å². The highest BCUT2D eigenvalue weighted by atomic mass is 15.2. The Morgan fingerprint density at radius 3 is 2.43 bits per heavy atom. The highest BCUT2D eigenvalue weighted by Crippen LogP contribution is 2.52. The third-order valence-corrected chi connectivity index (χ3v) is 4.32. The number of aryl methyl sites for hydroxylation is 2. The summed E-state index contributed by atoms with van der Waals surface area (Å²) in [5, 5.41) is 10.4. The van der Waals surface area contributed by atoms with Gasteiger partial charge in [-0.05, 0) is 32.3 Å². The molecule has 0 spiro atoms. The molecule has 1 fully saturated rings. The van der Waals surface area contributed by atoms with Gasteiger partial charge in [-0.3, -0.25) is 5.10 Å². The summed E-state index contributed by atoms with van der Waals surface area (Å²) in [6.45, 7) is 3.98. The first-order chi connectivity index (χ1) is 11.2. The first-order valence-corrected chi connectivity index (χ1v) is 7.86. The standard InChI is InChI=1S/C18H19N5/c1-12-10-15(20-16-11-13(2)22-23-16)21-17(19-12)18(8-9-18)14-6-4-3-5-7-14/h3-7,10-11H,8-9H2,1-2H3,(H2,19,20,21,22,23). The fourth-order valence-electron chi connectivity index (χ4n) is 2.98. The van der Waals surface area contributed by atoms with Gasteiger partial charge in [0.25, 0.3) is 0 Å². The Morgan fingerprint density at radius 2 is 1.78 bits per heavy atom. The lowest BCUT2D eigenvalue weighted by atomic mass is 9.95. The van der Waals surface area contributed by atoms with Gasteiger partial charge in [0.15, 0.2) is 5.82 Å². The average molecular weight is 305 g/mol. The van der Waals surface area contributed by atoms with Gasteiger partial charge in [-0.1, -0.05) is 30.3 Å². The fourth-order valence-corrected chi connectivity index (χ4v) is 2.98. The lowest BCUT2D eigenvalue weighted by molar-refractivity contribution is 0.749. The molecule has 0 atom stereocenters. The maximum atomic E-state index is 4.77. The van der Waals surface area contributed by atoms with E-state index in [1.54, 1.807) is 0 Å². The van der Waals surface area contributed by atoms with Crippen molar-refractivity contribution < 1.29 is 0 Å². The van der Waals surface area contributed by atoms with Crippen LogP contribution in [0.4, 0.5) is 11.6 Å². The van der Waals surface area contributed by atoms with Crippen LogP contribution in [0.3, 0.4) is 0 Å². The minimum absolute atomic E-state index is 0.0226. The SMILES string of the molecule is Cc1cc(Nc2cc(C)[nH]n2)nc(C2(c3ccccc3)CC2)n1. The number of H-pyrrole nitrogens is 1. The van der Waals surface area contributed by atoms with Gasteiger partial charge < -0.3 is 5.32 Å². The molecule has 0 radical (unpaired) electrons. The van der Waals surface area contributed by atoms with Crippen molar-refractivity contribution in [2.75, 3.05) is 5.32 Å². The Labute approximate surface area is 135 Å². The van der Waals surface area contributed by atoms with Gasteiger partial charge in [0, 0.05) is 23.5 Å². The highest BCUT2D eigenvalue weighted by molar-refractivity contribution is 5.53. The van der Waals surface area contributed by atoms with E-state index in [1.165, 1.54) is 5.56 Å². The van der Waals surface area contributed by atoms with E-state index in [-0.39, 0.29) is 5.41 Å². The van der Waals surface area contributed by atoms with Crippen molar-refractivity contribution in [1.29, 1.82) is 0 Å². The van der Waals surface area contributed by atoms with Crippen molar-refractivity contribution in [1.82, 2.24) is 20.2 Å². The summed E-state index contributed by atoms with van der Waals surface area (Å²) in [5.74, 6) is 2.47. The van der Waals surface area contributed by atoms with Crippen molar-refractivity contribution in [3.05, 3.63) is 65.2 Å². The largest absolute Gasteiger partial charge is 0.323 e. The van der Waals surface area contributed by atoms with Gasteiger partial charge in [0.05, 0.1) is 5.41 Å². The van der Waals surface area contributed by atoms with Crippen LogP contribution in [0.15, 0.2) is 42.5 Å². The Kier molecular flexibility index (Phi) is 3.15. The van der Waals surface area contributed by atoms with Gasteiger partial charge in [0.1, 0.15) is 11.6 Å². The highest BCUT2D eigenvalue weighted by Gasteiger charge is 2.48. The second kappa shape index (κ2) is 5.19. The number of nitrogens with one attached hydrogen (secondary N) is 2. The molecule has 0 bridgehead atoms. The molecule has 0 saturated heterocycles. The van der Waals surface area contributed by atoms with E-state index in [9.17, 15) is 0 Å². The predicted molar refractivity (Wildman–Crippen MR) is 89.8 cm³/mol. The minimum atomic E-state index is -0.0226. The van der Waals surface area contributed by atoms with Crippen LogP contribution < -0.4 is 5.32 Å². The summed E-state index contributed by atoms with van der Waals surface area (Å²) in [6.07, 6.45) is 2.20. The molecule has 2 N–H and O–H groups in total. The van der Waals surface area contributed by atoms with E-state index in [4.69, 9.17) is 9.97 Å². The van der Waals surface area contributed by atoms with Crippen molar-refractivity contribution in [3.8, 4) is 0 Å². The van der Waals surface area contributed by atoms with Crippen LogP contribution in [0, 0.1) is 13.8 Å². The topological polar surface area (TPSA) is 66.5 Å². The predicted octanol–water partition coefficient (Wildman–Crippen LogP) is 3.64. The summed E-state index contributed by atoms with van der Waals surface area (Å²) in [5.41, 5.74) is 3.26. The van der Waals surface area contributed by atoms with Crippen molar-refractivity contribution >= 4 is 11.6 Å². The van der Waals surface area contributed by atoms with Crippen molar-refractivity contribution in [2.45, 2.75) is 32.1 Å². The Morgan fingerprint density at radius 1 is 1.00 bits per heavy atom. The molecule has 1 saturated carbocycles. The third kappa shape index (κ3) is 2.59. The lowest BCUT2D eigenvalue weighted by Gasteiger charge is -2.16. The van der Waals surface area contributed by atoms with Crippen molar-refractivity contribution in [2.24, 2.45) is 0 Å². The van der Waals surface area contributed by atoms with E-state index in [0.717, 1.165) is 41.7 Å². The van der Waals surface area contributed by atoms with E-state index < -0.39 is 0 Å². The zero-order chi connectivity index (χ0) is 15.9. The van der Waals surface area contributed by atoms with E-state index in [1.807, 2.05) is 32.0 Å². The maximum absolute atomic E-state index is 4.77. The van der Waals surface area contributed by atoms with E-state index in [0.29, 0.717) is 0 Å². The molecule has 1 aliphatic carbocycles. The molecule has 2 aromatic heterocycles. The molecule has 5 nitrogen and oxygen atoms in total. The van der Waals surface area contributed by atoms with Crippen LogP contribution in [0.2, 0.25) is 0 Å². The van der Waals surface area contributed by atoms with Gasteiger partial charge in [-0.2, -0.15) is 5.10 Å². The van der Waals surface area contributed by atoms with Crippen LogP contribution in [-0.2, 0) is 5.41 Å². The number of aromatic nitrogens is 4. The number of benzene rings is 1. The summed E-state index contributed by atoms with van der Waals surface area (Å²) in [7, 11) is 0. The fraction of sp³-hybridized carbons (Fsp3) is 0.278.